The van der Waals surface area contributed by atoms with Crippen LogP contribution in [0.4, 0.5) is 0 Å². The molecule has 0 unspecified atom stereocenters. The van der Waals surface area contributed by atoms with E-state index in [1.54, 1.807) is 4.90 Å². The minimum atomic E-state index is -0.223. The van der Waals surface area contributed by atoms with Crippen molar-refractivity contribution in [3.63, 3.8) is 0 Å². The molecule has 1 aliphatic carbocycles. The number of aromatic nitrogens is 1. The molecule has 18 heavy (non-hydrogen) atoms. The van der Waals surface area contributed by atoms with Crippen molar-refractivity contribution in [3.05, 3.63) is 33.2 Å². The number of fused-ring (bicyclic) bond motifs is 1. The van der Waals surface area contributed by atoms with E-state index in [0.717, 1.165) is 55.1 Å². The quantitative estimate of drug-likeness (QED) is 0.825. The van der Waals surface area contributed by atoms with Gasteiger partial charge in [0.1, 0.15) is 5.56 Å². The van der Waals surface area contributed by atoms with Gasteiger partial charge in [0, 0.05) is 30.3 Å². The fourth-order valence-corrected chi connectivity index (χ4v) is 3.51. The third kappa shape index (κ3) is 2.07. The number of amides is 1. The van der Waals surface area contributed by atoms with Gasteiger partial charge in [-0.1, -0.05) is 0 Å². The predicted octanol–water partition coefficient (Wildman–Crippen LogP) is 1.05. The van der Waals surface area contributed by atoms with Gasteiger partial charge in [0.15, 0.2) is 0 Å². The fourth-order valence-electron chi connectivity index (χ4n) is 2.61. The first-order valence-electron chi connectivity index (χ1n) is 6.38. The molecule has 1 saturated heterocycles. The first-order chi connectivity index (χ1) is 8.75. The molecule has 0 spiro atoms. The van der Waals surface area contributed by atoms with Gasteiger partial charge in [-0.2, -0.15) is 11.8 Å². The molecule has 5 heteroatoms. The molecular weight excluding hydrogens is 248 g/mol. The lowest BCUT2D eigenvalue weighted by molar-refractivity contribution is 0.0770. The van der Waals surface area contributed by atoms with Crippen LogP contribution in [0.25, 0.3) is 0 Å². The molecule has 2 heterocycles. The molecule has 0 radical (unpaired) electrons. The molecule has 0 atom stereocenters. The van der Waals surface area contributed by atoms with E-state index in [1.807, 2.05) is 17.8 Å². The average Bonchev–Trinajstić information content (AvgIpc) is 2.85. The third-order valence-electron chi connectivity index (χ3n) is 3.62. The van der Waals surface area contributed by atoms with Gasteiger partial charge in [0.05, 0.1) is 0 Å². The summed E-state index contributed by atoms with van der Waals surface area (Å²) in [7, 11) is 0. The zero-order valence-electron chi connectivity index (χ0n) is 10.2. The maximum atomic E-state index is 12.3. The topological polar surface area (TPSA) is 53.2 Å². The summed E-state index contributed by atoms with van der Waals surface area (Å²) in [6.45, 7) is 1.50. The van der Waals surface area contributed by atoms with E-state index >= 15 is 0 Å². The Labute approximate surface area is 110 Å². The number of aryl methyl sites for hydroxylation is 2. The van der Waals surface area contributed by atoms with Crippen molar-refractivity contribution in [3.8, 4) is 0 Å². The van der Waals surface area contributed by atoms with E-state index in [0.29, 0.717) is 5.56 Å². The lowest BCUT2D eigenvalue weighted by Crippen LogP contribution is -2.40. The van der Waals surface area contributed by atoms with Gasteiger partial charge in [-0.05, 0) is 30.9 Å². The number of pyridine rings is 1. The number of carbonyl (C=O) groups is 1. The first kappa shape index (κ1) is 11.8. The number of nitrogens with one attached hydrogen (secondary N) is 1. The second-order valence-electron chi connectivity index (χ2n) is 4.77. The standard InChI is InChI=1S/C13H16N2O2S/c16-12-10(8-9-2-1-3-11(9)14-12)13(17)15-4-6-18-7-5-15/h8H,1-7H2,(H,14,16). The van der Waals surface area contributed by atoms with E-state index in [9.17, 15) is 9.59 Å². The minimum absolute atomic E-state index is 0.105. The number of hydrogen-bond donors (Lipinski definition) is 1. The van der Waals surface area contributed by atoms with Crippen LogP contribution in [0.1, 0.15) is 28.0 Å². The molecular formula is C13H16N2O2S. The van der Waals surface area contributed by atoms with Crippen LogP contribution in [0.5, 0.6) is 0 Å². The van der Waals surface area contributed by atoms with E-state index in [2.05, 4.69) is 4.98 Å². The number of carbonyl (C=O) groups excluding carboxylic acids is 1. The largest absolute Gasteiger partial charge is 0.337 e. The summed E-state index contributed by atoms with van der Waals surface area (Å²) in [6, 6.07) is 1.81. The minimum Gasteiger partial charge on any atom is -0.337 e. The number of thioether (sulfide) groups is 1. The third-order valence-corrected chi connectivity index (χ3v) is 4.56. The monoisotopic (exact) mass is 264 g/mol. The predicted molar refractivity (Wildman–Crippen MR) is 72.3 cm³/mol. The van der Waals surface area contributed by atoms with E-state index < -0.39 is 0 Å². The molecule has 1 aromatic heterocycles. The van der Waals surface area contributed by atoms with Crippen molar-refractivity contribution in [2.24, 2.45) is 0 Å². The van der Waals surface area contributed by atoms with Crippen LogP contribution in [0.3, 0.4) is 0 Å². The number of hydrogen-bond acceptors (Lipinski definition) is 3. The van der Waals surface area contributed by atoms with E-state index in [4.69, 9.17) is 0 Å². The molecule has 4 nitrogen and oxygen atoms in total. The summed E-state index contributed by atoms with van der Waals surface area (Å²) >= 11 is 1.86. The molecule has 2 aliphatic rings. The van der Waals surface area contributed by atoms with Gasteiger partial charge in [-0.3, -0.25) is 9.59 Å². The van der Waals surface area contributed by atoms with Crippen LogP contribution in [0, 0.1) is 0 Å². The SMILES string of the molecule is O=C(c1cc2c([nH]c1=O)CCC2)N1CCSCC1. The molecule has 3 rings (SSSR count). The van der Waals surface area contributed by atoms with Crippen LogP contribution in [-0.4, -0.2) is 40.4 Å². The Morgan fingerprint density at radius 1 is 1.28 bits per heavy atom. The van der Waals surface area contributed by atoms with Crippen molar-refractivity contribution in [1.29, 1.82) is 0 Å². The zero-order chi connectivity index (χ0) is 12.5. The van der Waals surface area contributed by atoms with Crippen LogP contribution >= 0.6 is 11.8 Å². The highest BCUT2D eigenvalue weighted by molar-refractivity contribution is 7.99. The Hall–Kier alpha value is -1.23. The Kier molecular flexibility index (Phi) is 3.16. The van der Waals surface area contributed by atoms with Crippen molar-refractivity contribution < 1.29 is 4.79 Å². The van der Waals surface area contributed by atoms with Crippen LogP contribution in [-0.2, 0) is 12.8 Å². The number of rotatable bonds is 1. The number of aromatic amines is 1. The molecule has 1 aliphatic heterocycles. The first-order valence-corrected chi connectivity index (χ1v) is 7.53. The Bertz CT molecular complexity index is 532. The Balaban J connectivity index is 1.91. The van der Waals surface area contributed by atoms with Gasteiger partial charge in [-0.15, -0.1) is 0 Å². The highest BCUT2D eigenvalue weighted by Crippen LogP contribution is 2.20. The maximum absolute atomic E-state index is 12.3. The highest BCUT2D eigenvalue weighted by atomic mass is 32.2. The van der Waals surface area contributed by atoms with Gasteiger partial charge < -0.3 is 9.88 Å². The lowest BCUT2D eigenvalue weighted by Gasteiger charge is -2.26. The van der Waals surface area contributed by atoms with Gasteiger partial charge in [0.2, 0.25) is 0 Å². The average molecular weight is 264 g/mol. The molecule has 0 saturated carbocycles. The summed E-state index contributed by atoms with van der Waals surface area (Å²) < 4.78 is 0. The van der Waals surface area contributed by atoms with Crippen molar-refractivity contribution in [2.75, 3.05) is 24.6 Å². The number of H-pyrrole nitrogens is 1. The molecule has 0 bridgehead atoms. The smallest absolute Gasteiger partial charge is 0.261 e. The summed E-state index contributed by atoms with van der Waals surface area (Å²) in [6.07, 6.45) is 2.98. The Morgan fingerprint density at radius 3 is 2.83 bits per heavy atom. The summed E-state index contributed by atoms with van der Waals surface area (Å²) in [5, 5.41) is 0. The highest BCUT2D eigenvalue weighted by Gasteiger charge is 2.23. The molecule has 1 amide bonds. The molecule has 1 N–H and O–H groups in total. The fraction of sp³-hybridized carbons (Fsp3) is 0.538. The molecule has 1 aromatic rings. The van der Waals surface area contributed by atoms with Gasteiger partial charge in [0.25, 0.3) is 11.5 Å². The van der Waals surface area contributed by atoms with Gasteiger partial charge >= 0.3 is 0 Å². The zero-order valence-corrected chi connectivity index (χ0v) is 11.0. The van der Waals surface area contributed by atoms with E-state index in [1.165, 1.54) is 0 Å². The lowest BCUT2D eigenvalue weighted by atomic mass is 10.1. The van der Waals surface area contributed by atoms with Crippen molar-refractivity contribution >= 4 is 17.7 Å². The van der Waals surface area contributed by atoms with Gasteiger partial charge in [-0.25, -0.2) is 0 Å². The van der Waals surface area contributed by atoms with Crippen LogP contribution in [0.2, 0.25) is 0 Å². The van der Waals surface area contributed by atoms with Crippen LogP contribution in [0.15, 0.2) is 10.9 Å². The second kappa shape index (κ2) is 4.80. The summed E-state index contributed by atoms with van der Waals surface area (Å²) in [5.41, 5.74) is 2.26. The molecule has 0 aromatic carbocycles. The molecule has 1 fully saturated rings. The van der Waals surface area contributed by atoms with E-state index in [-0.39, 0.29) is 11.5 Å². The molecule has 96 valence electrons. The Morgan fingerprint density at radius 2 is 2.06 bits per heavy atom. The summed E-state index contributed by atoms with van der Waals surface area (Å²) in [5.74, 6) is 1.83. The van der Waals surface area contributed by atoms with Crippen molar-refractivity contribution in [1.82, 2.24) is 9.88 Å². The summed E-state index contributed by atoms with van der Waals surface area (Å²) in [4.78, 5) is 28.9. The second-order valence-corrected chi connectivity index (χ2v) is 6.00. The normalized spacial score (nSPS) is 18.8. The van der Waals surface area contributed by atoms with Crippen molar-refractivity contribution in [2.45, 2.75) is 19.3 Å². The number of nitrogens with zero attached hydrogens (tertiary/aromatic N) is 1. The maximum Gasteiger partial charge on any atom is 0.261 e. The van der Waals surface area contributed by atoms with Crippen LogP contribution < -0.4 is 5.56 Å².